The topological polar surface area (TPSA) is 96.2 Å². The van der Waals surface area contributed by atoms with Gasteiger partial charge in [0.2, 0.25) is 0 Å². The summed E-state index contributed by atoms with van der Waals surface area (Å²) in [5.74, 6) is -1.24. The largest absolute Gasteiger partial charge is 0.550 e. The number of nitrogens with zero attached hydrogens (tertiary/aromatic N) is 2. The highest BCUT2D eigenvalue weighted by atomic mass is 16.6. The number of pyridine rings is 1. The first-order valence-electron chi connectivity index (χ1n) is 8.96. The first-order chi connectivity index (χ1) is 14.0. The number of carboxylic acids is 1. The number of carboxylic acid groups (broad SMARTS) is 1. The highest BCUT2D eigenvalue weighted by Gasteiger charge is 2.20. The molecular weight excluding hydrogens is 368 g/mol. The first-order valence-corrected chi connectivity index (χ1v) is 8.96. The summed E-state index contributed by atoms with van der Waals surface area (Å²) in [7, 11) is 0. The van der Waals surface area contributed by atoms with Gasteiger partial charge < -0.3 is 9.90 Å². The summed E-state index contributed by atoms with van der Waals surface area (Å²) in [6.07, 6.45) is -0.361. The third-order valence-electron chi connectivity index (χ3n) is 4.71. The predicted molar refractivity (Wildman–Crippen MR) is 108 cm³/mol. The van der Waals surface area contributed by atoms with Gasteiger partial charge in [-0.3, -0.25) is 10.1 Å². The number of rotatable bonds is 5. The molecule has 0 amide bonds. The van der Waals surface area contributed by atoms with Gasteiger partial charge in [0.1, 0.15) is 0 Å². The fourth-order valence-corrected chi connectivity index (χ4v) is 3.49. The highest BCUT2D eigenvalue weighted by molar-refractivity contribution is 6.01. The van der Waals surface area contributed by atoms with Crippen LogP contribution in [0.4, 0.5) is 5.69 Å². The molecule has 0 aliphatic carbocycles. The molecule has 142 valence electrons. The molecular formula is C23H15N2O4-. The molecule has 0 bridgehead atoms. The Balaban J connectivity index is 2.15. The van der Waals surface area contributed by atoms with E-state index in [4.69, 9.17) is 0 Å². The van der Waals surface area contributed by atoms with Crippen LogP contribution in [0.2, 0.25) is 0 Å². The lowest BCUT2D eigenvalue weighted by Gasteiger charge is -2.18. The fourth-order valence-electron chi connectivity index (χ4n) is 3.49. The average Bonchev–Trinajstić information content (AvgIpc) is 2.73. The zero-order chi connectivity index (χ0) is 20.4. The van der Waals surface area contributed by atoms with Crippen LogP contribution < -0.4 is 5.11 Å². The maximum atomic E-state index is 11.6. The van der Waals surface area contributed by atoms with Crippen LogP contribution in [0.5, 0.6) is 0 Å². The Bertz CT molecular complexity index is 1220. The van der Waals surface area contributed by atoms with Crippen molar-refractivity contribution in [2.75, 3.05) is 0 Å². The summed E-state index contributed by atoms with van der Waals surface area (Å²) in [5.41, 5.74) is 3.60. The van der Waals surface area contributed by atoms with Crippen LogP contribution in [-0.2, 0) is 11.2 Å². The maximum Gasteiger partial charge on any atom is 0.270 e. The van der Waals surface area contributed by atoms with Gasteiger partial charge in [0, 0.05) is 35.5 Å². The Labute approximate surface area is 166 Å². The van der Waals surface area contributed by atoms with Crippen LogP contribution in [0, 0.1) is 10.1 Å². The van der Waals surface area contributed by atoms with Gasteiger partial charge >= 0.3 is 0 Å². The first kappa shape index (κ1) is 18.3. The average molecular weight is 383 g/mol. The quantitative estimate of drug-likeness (QED) is 0.386. The zero-order valence-electron chi connectivity index (χ0n) is 15.2. The minimum absolute atomic E-state index is 0.0802. The number of hydrogen-bond donors (Lipinski definition) is 0. The van der Waals surface area contributed by atoms with Crippen molar-refractivity contribution in [3.63, 3.8) is 0 Å². The smallest absolute Gasteiger partial charge is 0.270 e. The van der Waals surface area contributed by atoms with Crippen LogP contribution in [0.15, 0.2) is 78.9 Å². The van der Waals surface area contributed by atoms with Crippen molar-refractivity contribution in [3.05, 3.63) is 94.5 Å². The van der Waals surface area contributed by atoms with Gasteiger partial charge in [-0.05, 0) is 22.8 Å². The van der Waals surface area contributed by atoms with E-state index in [0.29, 0.717) is 27.7 Å². The molecule has 1 heterocycles. The summed E-state index contributed by atoms with van der Waals surface area (Å²) in [5, 5.41) is 23.5. The lowest BCUT2D eigenvalue weighted by Crippen LogP contribution is -2.25. The SMILES string of the molecule is O=C([O-])Cc1c(-c2ccccc2)nc2ccc([N+](=O)[O-])cc2c1-c1ccccc1. The Morgan fingerprint density at radius 3 is 2.10 bits per heavy atom. The van der Waals surface area contributed by atoms with E-state index in [2.05, 4.69) is 4.98 Å². The summed E-state index contributed by atoms with van der Waals surface area (Å²) in [6, 6.07) is 22.9. The van der Waals surface area contributed by atoms with Gasteiger partial charge in [-0.1, -0.05) is 60.7 Å². The van der Waals surface area contributed by atoms with Crippen molar-refractivity contribution in [1.29, 1.82) is 0 Å². The molecule has 0 spiro atoms. The lowest BCUT2D eigenvalue weighted by molar-refractivity contribution is -0.384. The van der Waals surface area contributed by atoms with Crippen molar-refractivity contribution in [1.82, 2.24) is 4.98 Å². The normalized spacial score (nSPS) is 10.8. The molecule has 4 aromatic rings. The van der Waals surface area contributed by atoms with Crippen molar-refractivity contribution < 1.29 is 14.8 Å². The van der Waals surface area contributed by atoms with Crippen LogP contribution in [0.3, 0.4) is 0 Å². The molecule has 1 aromatic heterocycles. The minimum Gasteiger partial charge on any atom is -0.550 e. The second kappa shape index (κ2) is 7.52. The van der Waals surface area contributed by atoms with E-state index in [1.165, 1.54) is 12.1 Å². The molecule has 0 saturated heterocycles. The second-order valence-electron chi connectivity index (χ2n) is 6.55. The van der Waals surface area contributed by atoms with Crippen LogP contribution in [0.25, 0.3) is 33.3 Å². The zero-order valence-corrected chi connectivity index (χ0v) is 15.2. The molecule has 6 nitrogen and oxygen atoms in total. The molecule has 0 fully saturated rings. The van der Waals surface area contributed by atoms with Crippen molar-refractivity contribution in [2.24, 2.45) is 0 Å². The number of fused-ring (bicyclic) bond motifs is 1. The number of aromatic nitrogens is 1. The van der Waals surface area contributed by atoms with Gasteiger partial charge in [0.25, 0.3) is 5.69 Å². The third-order valence-corrected chi connectivity index (χ3v) is 4.71. The van der Waals surface area contributed by atoms with E-state index < -0.39 is 10.9 Å². The van der Waals surface area contributed by atoms with Gasteiger partial charge in [-0.25, -0.2) is 4.98 Å². The Morgan fingerprint density at radius 2 is 1.52 bits per heavy atom. The molecule has 0 atom stereocenters. The van der Waals surface area contributed by atoms with Gasteiger partial charge in [0.05, 0.1) is 16.1 Å². The number of non-ortho nitro benzene ring substituents is 1. The number of nitro benzene ring substituents is 1. The number of carbonyl (C=O) groups excluding carboxylic acids is 1. The van der Waals surface area contributed by atoms with Crippen molar-refractivity contribution in [2.45, 2.75) is 6.42 Å². The van der Waals surface area contributed by atoms with Crippen molar-refractivity contribution in [3.8, 4) is 22.4 Å². The maximum absolute atomic E-state index is 11.6. The molecule has 4 rings (SSSR count). The third kappa shape index (κ3) is 3.55. The van der Waals surface area contributed by atoms with Gasteiger partial charge in [-0.15, -0.1) is 0 Å². The molecule has 0 saturated carbocycles. The Hall–Kier alpha value is -4.06. The van der Waals surface area contributed by atoms with Gasteiger partial charge in [-0.2, -0.15) is 0 Å². The number of hydrogen-bond acceptors (Lipinski definition) is 5. The Morgan fingerprint density at radius 1 is 0.897 bits per heavy atom. The van der Waals surface area contributed by atoms with E-state index >= 15 is 0 Å². The number of benzene rings is 3. The summed E-state index contributed by atoms with van der Waals surface area (Å²) in [4.78, 5) is 27.1. The lowest BCUT2D eigenvalue weighted by atomic mass is 9.90. The summed E-state index contributed by atoms with van der Waals surface area (Å²) < 4.78 is 0. The molecule has 3 aromatic carbocycles. The molecule has 0 N–H and O–H groups in total. The monoisotopic (exact) mass is 383 g/mol. The van der Waals surface area contributed by atoms with Crippen LogP contribution in [0.1, 0.15) is 5.56 Å². The summed E-state index contributed by atoms with van der Waals surface area (Å²) in [6.45, 7) is 0. The molecule has 0 radical (unpaired) electrons. The molecule has 29 heavy (non-hydrogen) atoms. The minimum atomic E-state index is -1.24. The van der Waals surface area contributed by atoms with Crippen molar-refractivity contribution >= 4 is 22.6 Å². The second-order valence-corrected chi connectivity index (χ2v) is 6.55. The van der Waals surface area contributed by atoms with Crippen LogP contribution in [-0.4, -0.2) is 15.9 Å². The molecule has 0 unspecified atom stereocenters. The molecule has 6 heteroatoms. The van der Waals surface area contributed by atoms with E-state index in [9.17, 15) is 20.0 Å². The standard InChI is InChI=1S/C23H16N2O4/c26-21(27)14-19-22(15-7-3-1-4-8-15)18-13-17(25(28)29)11-12-20(18)24-23(19)16-9-5-2-6-10-16/h1-13H,14H2,(H,26,27)/p-1. The van der Waals surface area contributed by atoms with Crippen LogP contribution >= 0.6 is 0 Å². The number of carbonyl (C=O) groups is 1. The summed E-state index contributed by atoms with van der Waals surface area (Å²) >= 11 is 0. The molecule has 0 aliphatic heterocycles. The predicted octanol–water partition coefficient (Wildman–Crippen LogP) is 3.77. The van der Waals surface area contributed by atoms with E-state index in [-0.39, 0.29) is 12.1 Å². The van der Waals surface area contributed by atoms with Gasteiger partial charge in [0.15, 0.2) is 0 Å². The number of nitro groups is 1. The fraction of sp³-hybridized carbons (Fsp3) is 0.0435. The molecule has 0 aliphatic rings. The Kier molecular flexibility index (Phi) is 4.75. The van der Waals surface area contributed by atoms with E-state index in [1.54, 1.807) is 6.07 Å². The van der Waals surface area contributed by atoms with E-state index in [1.807, 2.05) is 60.7 Å². The highest BCUT2D eigenvalue weighted by Crippen LogP contribution is 2.38. The van der Waals surface area contributed by atoms with E-state index in [0.717, 1.165) is 11.1 Å². The number of aliphatic carboxylic acids is 1.